The molecular weight excluding hydrogens is 333 g/mol. The Labute approximate surface area is 154 Å². The molecule has 0 bridgehead atoms. The van der Waals surface area contributed by atoms with Gasteiger partial charge in [-0.05, 0) is 50.4 Å². The quantitative estimate of drug-likeness (QED) is 0.893. The van der Waals surface area contributed by atoms with Gasteiger partial charge in [-0.25, -0.2) is 4.39 Å². The van der Waals surface area contributed by atoms with Crippen LogP contribution in [0.2, 0.25) is 0 Å². The molecule has 142 valence electrons. The van der Waals surface area contributed by atoms with Crippen LogP contribution in [0, 0.1) is 17.7 Å². The van der Waals surface area contributed by atoms with E-state index in [0.29, 0.717) is 6.54 Å². The highest BCUT2D eigenvalue weighted by Gasteiger charge is 2.32. The molecule has 26 heavy (non-hydrogen) atoms. The van der Waals surface area contributed by atoms with E-state index in [-0.39, 0.29) is 29.5 Å². The van der Waals surface area contributed by atoms with Crippen LogP contribution in [0.1, 0.15) is 31.2 Å². The van der Waals surface area contributed by atoms with E-state index in [4.69, 9.17) is 0 Å². The third-order valence-electron chi connectivity index (χ3n) is 5.64. The van der Waals surface area contributed by atoms with Gasteiger partial charge in [-0.15, -0.1) is 0 Å². The molecule has 5 nitrogen and oxygen atoms in total. The molecule has 3 rings (SSSR count). The number of nitrogens with zero attached hydrogens (tertiary/aromatic N) is 2. The largest absolute Gasteiger partial charge is 0.352 e. The molecule has 1 N–H and O–H groups in total. The molecule has 6 heteroatoms. The Kier molecular flexibility index (Phi) is 6.25. The lowest BCUT2D eigenvalue weighted by Gasteiger charge is -2.36. The molecule has 1 heterocycles. The summed E-state index contributed by atoms with van der Waals surface area (Å²) >= 11 is 0. The molecule has 1 aromatic carbocycles. The van der Waals surface area contributed by atoms with Gasteiger partial charge in [0.1, 0.15) is 5.82 Å². The van der Waals surface area contributed by atoms with E-state index in [2.05, 4.69) is 17.3 Å². The van der Waals surface area contributed by atoms with Crippen LogP contribution < -0.4 is 5.32 Å². The smallest absolute Gasteiger partial charge is 0.225 e. The second-order valence-electron chi connectivity index (χ2n) is 7.52. The molecule has 0 unspecified atom stereocenters. The number of hydrogen-bond donors (Lipinski definition) is 1. The van der Waals surface area contributed by atoms with Gasteiger partial charge in [-0.3, -0.25) is 9.59 Å². The summed E-state index contributed by atoms with van der Waals surface area (Å²) in [6.07, 6.45) is 3.11. The second kappa shape index (κ2) is 8.62. The first kappa shape index (κ1) is 18.8. The number of piperazine rings is 1. The van der Waals surface area contributed by atoms with Gasteiger partial charge in [-0.2, -0.15) is 0 Å². The molecule has 2 aliphatic rings. The van der Waals surface area contributed by atoms with E-state index in [1.54, 1.807) is 12.1 Å². The Morgan fingerprint density at radius 1 is 1.00 bits per heavy atom. The predicted molar refractivity (Wildman–Crippen MR) is 97.8 cm³/mol. The van der Waals surface area contributed by atoms with Crippen molar-refractivity contribution in [3.05, 3.63) is 35.6 Å². The fourth-order valence-electron chi connectivity index (χ4n) is 3.82. The molecule has 1 saturated heterocycles. The number of benzene rings is 1. The van der Waals surface area contributed by atoms with Crippen molar-refractivity contribution in [2.45, 2.75) is 32.2 Å². The summed E-state index contributed by atoms with van der Waals surface area (Å²) < 4.78 is 12.9. The third kappa shape index (κ3) is 4.81. The van der Waals surface area contributed by atoms with Gasteiger partial charge in [0.05, 0.1) is 0 Å². The molecule has 2 fully saturated rings. The van der Waals surface area contributed by atoms with E-state index >= 15 is 0 Å². The van der Waals surface area contributed by atoms with Crippen molar-refractivity contribution >= 4 is 11.8 Å². The number of halogens is 1. The van der Waals surface area contributed by atoms with Crippen LogP contribution in [0.3, 0.4) is 0 Å². The lowest BCUT2D eigenvalue weighted by Crippen LogP contribution is -2.49. The van der Waals surface area contributed by atoms with Gasteiger partial charge in [0.25, 0.3) is 0 Å². The van der Waals surface area contributed by atoms with Crippen molar-refractivity contribution in [3.63, 3.8) is 0 Å². The molecule has 2 amide bonds. The summed E-state index contributed by atoms with van der Waals surface area (Å²) in [5.74, 6) is 0.0815. The molecule has 0 radical (unpaired) electrons. The molecule has 1 aliphatic heterocycles. The maximum atomic E-state index is 12.9. The second-order valence-corrected chi connectivity index (χ2v) is 7.52. The molecule has 1 aromatic rings. The van der Waals surface area contributed by atoms with Gasteiger partial charge in [-0.1, -0.05) is 12.1 Å². The minimum Gasteiger partial charge on any atom is -0.352 e. The van der Waals surface area contributed by atoms with E-state index in [1.807, 2.05) is 4.90 Å². The van der Waals surface area contributed by atoms with Crippen LogP contribution in [-0.2, 0) is 16.1 Å². The first-order valence-electron chi connectivity index (χ1n) is 9.52. The summed E-state index contributed by atoms with van der Waals surface area (Å²) in [4.78, 5) is 29.2. The van der Waals surface area contributed by atoms with E-state index in [1.165, 1.54) is 12.1 Å². The van der Waals surface area contributed by atoms with E-state index < -0.39 is 0 Å². The fourth-order valence-corrected chi connectivity index (χ4v) is 3.82. The number of amides is 2. The lowest BCUT2D eigenvalue weighted by molar-refractivity contribution is -0.139. The van der Waals surface area contributed by atoms with Crippen molar-refractivity contribution in [2.24, 2.45) is 11.8 Å². The third-order valence-corrected chi connectivity index (χ3v) is 5.64. The molecule has 0 spiro atoms. The number of nitrogens with one attached hydrogen (secondary N) is 1. The van der Waals surface area contributed by atoms with Crippen LogP contribution in [0.15, 0.2) is 24.3 Å². The minimum absolute atomic E-state index is 0.0213. The zero-order chi connectivity index (χ0) is 18.5. The van der Waals surface area contributed by atoms with E-state index in [0.717, 1.165) is 57.4 Å². The SMILES string of the molecule is CN1CCN(C(=O)C2CCC(C(=O)NCc3ccc(F)cc3)CC2)CC1. The number of rotatable bonds is 4. The van der Waals surface area contributed by atoms with Crippen LogP contribution in [-0.4, -0.2) is 54.8 Å². The monoisotopic (exact) mass is 361 g/mol. The summed E-state index contributed by atoms with van der Waals surface area (Å²) in [5, 5.41) is 2.94. The summed E-state index contributed by atoms with van der Waals surface area (Å²) in [5.41, 5.74) is 0.888. The first-order valence-corrected chi connectivity index (χ1v) is 9.52. The van der Waals surface area contributed by atoms with E-state index in [9.17, 15) is 14.0 Å². The van der Waals surface area contributed by atoms with Crippen LogP contribution in [0.4, 0.5) is 4.39 Å². The van der Waals surface area contributed by atoms with Crippen molar-refractivity contribution in [1.29, 1.82) is 0 Å². The number of carbonyl (C=O) groups excluding carboxylic acids is 2. The van der Waals surface area contributed by atoms with Crippen molar-refractivity contribution in [2.75, 3.05) is 33.2 Å². The first-order chi connectivity index (χ1) is 12.5. The summed E-state index contributed by atoms with van der Waals surface area (Å²) in [6, 6.07) is 6.16. The Morgan fingerprint density at radius 3 is 2.19 bits per heavy atom. The Bertz CT molecular complexity index is 618. The summed E-state index contributed by atoms with van der Waals surface area (Å²) in [7, 11) is 2.08. The van der Waals surface area contributed by atoms with Crippen molar-refractivity contribution in [1.82, 2.24) is 15.1 Å². The van der Waals surface area contributed by atoms with Crippen molar-refractivity contribution < 1.29 is 14.0 Å². The number of hydrogen-bond acceptors (Lipinski definition) is 3. The van der Waals surface area contributed by atoms with Crippen LogP contribution in [0.5, 0.6) is 0 Å². The number of likely N-dealkylation sites (N-methyl/N-ethyl adjacent to an activating group) is 1. The maximum Gasteiger partial charge on any atom is 0.225 e. The topological polar surface area (TPSA) is 52.7 Å². The standard InChI is InChI=1S/C20H28FN3O2/c1-23-10-12-24(13-11-23)20(26)17-6-4-16(5-7-17)19(25)22-14-15-2-8-18(21)9-3-15/h2-3,8-9,16-17H,4-7,10-14H2,1H3,(H,22,25). The highest BCUT2D eigenvalue weighted by atomic mass is 19.1. The Morgan fingerprint density at radius 2 is 1.58 bits per heavy atom. The van der Waals surface area contributed by atoms with Gasteiger partial charge >= 0.3 is 0 Å². The minimum atomic E-state index is -0.275. The Balaban J connectivity index is 1.42. The molecule has 1 aliphatic carbocycles. The fraction of sp³-hybridized carbons (Fsp3) is 0.600. The highest BCUT2D eigenvalue weighted by Crippen LogP contribution is 2.30. The number of carbonyl (C=O) groups is 2. The normalized spacial score (nSPS) is 24.3. The molecular formula is C20H28FN3O2. The average Bonchev–Trinajstić information content (AvgIpc) is 2.67. The van der Waals surface area contributed by atoms with Gasteiger partial charge in [0.2, 0.25) is 11.8 Å². The van der Waals surface area contributed by atoms with Crippen LogP contribution in [0.25, 0.3) is 0 Å². The molecule has 1 saturated carbocycles. The zero-order valence-corrected chi connectivity index (χ0v) is 15.4. The molecule has 0 atom stereocenters. The lowest BCUT2D eigenvalue weighted by atomic mass is 9.80. The van der Waals surface area contributed by atoms with Gasteiger partial charge in [0.15, 0.2) is 0 Å². The molecule has 0 aromatic heterocycles. The summed E-state index contributed by atoms with van der Waals surface area (Å²) in [6.45, 7) is 3.92. The van der Waals surface area contributed by atoms with Gasteiger partial charge < -0.3 is 15.1 Å². The van der Waals surface area contributed by atoms with Gasteiger partial charge in [0, 0.05) is 44.6 Å². The highest BCUT2D eigenvalue weighted by molar-refractivity contribution is 5.81. The maximum absolute atomic E-state index is 12.9. The average molecular weight is 361 g/mol. The Hall–Kier alpha value is -1.95. The zero-order valence-electron chi connectivity index (χ0n) is 15.4. The van der Waals surface area contributed by atoms with Crippen LogP contribution >= 0.6 is 0 Å². The van der Waals surface area contributed by atoms with Crippen molar-refractivity contribution in [3.8, 4) is 0 Å². The predicted octanol–water partition coefficient (Wildman–Crippen LogP) is 2.02.